The molecule has 4 rings (SSSR count). The third kappa shape index (κ3) is 3.72. The van der Waals surface area contributed by atoms with Crippen LogP contribution in [-0.2, 0) is 0 Å². The zero-order chi connectivity index (χ0) is 19.7. The molecule has 1 aromatic carbocycles. The van der Waals surface area contributed by atoms with Crippen molar-refractivity contribution in [2.75, 3.05) is 19.6 Å². The molecule has 4 nitrogen and oxygen atoms in total. The number of halogens is 1. The number of carbonyl (C=O) groups excluding carboxylic acids is 1. The van der Waals surface area contributed by atoms with Gasteiger partial charge in [0, 0.05) is 29.4 Å². The molecule has 2 aliphatic heterocycles. The molecule has 28 heavy (non-hydrogen) atoms. The zero-order valence-electron chi connectivity index (χ0n) is 16.0. The quantitative estimate of drug-likeness (QED) is 0.669. The van der Waals surface area contributed by atoms with Crippen LogP contribution in [0, 0.1) is 25.7 Å². The minimum Gasteiger partial charge on any atom is -0.466 e. The van der Waals surface area contributed by atoms with E-state index in [1.807, 2.05) is 49.1 Å². The number of fused-ring (bicyclic) bond motifs is 1. The predicted molar refractivity (Wildman–Crippen MR) is 110 cm³/mol. The number of rotatable bonds is 1. The number of carbonyl (C=O) groups is 1. The van der Waals surface area contributed by atoms with Gasteiger partial charge in [-0.25, -0.2) is 0 Å². The van der Waals surface area contributed by atoms with Crippen LogP contribution in [0.4, 0.5) is 0 Å². The lowest BCUT2D eigenvalue weighted by Gasteiger charge is -2.39. The molecule has 0 N–H and O–H groups in total. The van der Waals surface area contributed by atoms with E-state index in [9.17, 15) is 4.79 Å². The highest BCUT2D eigenvalue weighted by Gasteiger charge is 2.29. The molecule has 0 saturated carbocycles. The van der Waals surface area contributed by atoms with E-state index in [0.717, 1.165) is 35.7 Å². The largest absolute Gasteiger partial charge is 0.466 e. The average molecular weight is 393 g/mol. The molecule has 3 heterocycles. The Labute approximate surface area is 170 Å². The second-order valence-electron chi connectivity index (χ2n) is 6.99. The monoisotopic (exact) mass is 392 g/mol. The topological polar surface area (TPSA) is 36.7 Å². The third-order valence-corrected chi connectivity index (χ3v) is 5.20. The highest BCUT2D eigenvalue weighted by molar-refractivity contribution is 6.30. The molecular formula is C23H21ClN2O2. The average Bonchev–Trinajstić information content (AvgIpc) is 3.03. The molecule has 0 spiro atoms. The van der Waals surface area contributed by atoms with Crippen LogP contribution in [0.2, 0.25) is 5.02 Å². The summed E-state index contributed by atoms with van der Waals surface area (Å²) in [7, 11) is 0. The van der Waals surface area contributed by atoms with Crippen LogP contribution in [-0.4, -0.2) is 35.3 Å². The first-order valence-corrected chi connectivity index (χ1v) is 9.69. The highest BCUT2D eigenvalue weighted by atomic mass is 35.5. The van der Waals surface area contributed by atoms with Crippen molar-refractivity contribution in [2.45, 2.75) is 20.3 Å². The number of allylic oxidation sites excluding steroid dienone is 3. The van der Waals surface area contributed by atoms with Gasteiger partial charge in [0.25, 0.3) is 5.91 Å². The maximum absolute atomic E-state index is 12.9. The maximum Gasteiger partial charge on any atom is 0.257 e. The first-order chi connectivity index (χ1) is 13.5. The number of piperazine rings is 1. The lowest BCUT2D eigenvalue weighted by atomic mass is 10.1. The van der Waals surface area contributed by atoms with Gasteiger partial charge in [-0.3, -0.25) is 4.79 Å². The van der Waals surface area contributed by atoms with Gasteiger partial charge in [-0.2, -0.15) is 0 Å². The fourth-order valence-corrected chi connectivity index (χ4v) is 3.79. The van der Waals surface area contributed by atoms with Crippen LogP contribution in [0.15, 0.2) is 58.3 Å². The number of hydrogen-bond donors (Lipinski definition) is 0. The molecular weight excluding hydrogens is 372 g/mol. The first-order valence-electron chi connectivity index (χ1n) is 9.32. The normalized spacial score (nSPS) is 16.0. The molecule has 5 heteroatoms. The lowest BCUT2D eigenvalue weighted by molar-refractivity contribution is 0.0714. The Morgan fingerprint density at radius 1 is 1.14 bits per heavy atom. The minimum atomic E-state index is 0.0241. The first kappa shape index (κ1) is 18.5. The third-order valence-electron chi connectivity index (χ3n) is 4.97. The van der Waals surface area contributed by atoms with Gasteiger partial charge >= 0.3 is 0 Å². The van der Waals surface area contributed by atoms with Gasteiger partial charge < -0.3 is 14.2 Å². The molecule has 2 aromatic rings. The van der Waals surface area contributed by atoms with E-state index in [0.29, 0.717) is 29.4 Å². The second kappa shape index (κ2) is 7.61. The molecule has 0 atom stereocenters. The number of hydrogen-bond acceptors (Lipinski definition) is 3. The van der Waals surface area contributed by atoms with Crippen molar-refractivity contribution in [3.63, 3.8) is 0 Å². The van der Waals surface area contributed by atoms with Crippen molar-refractivity contribution in [1.82, 2.24) is 9.80 Å². The smallest absolute Gasteiger partial charge is 0.257 e. The molecule has 2 aliphatic rings. The van der Waals surface area contributed by atoms with Crippen LogP contribution >= 0.6 is 11.6 Å². The van der Waals surface area contributed by atoms with Gasteiger partial charge in [-0.1, -0.05) is 29.7 Å². The second-order valence-corrected chi connectivity index (χ2v) is 7.42. The Kier molecular flexibility index (Phi) is 5.02. The summed E-state index contributed by atoms with van der Waals surface area (Å²) in [5, 5.41) is 0.682. The van der Waals surface area contributed by atoms with Crippen molar-refractivity contribution in [2.24, 2.45) is 0 Å². The Bertz CT molecular complexity index is 1050. The zero-order valence-corrected chi connectivity index (χ0v) is 16.7. The molecule has 0 unspecified atom stereocenters. The van der Waals surface area contributed by atoms with E-state index in [4.69, 9.17) is 16.0 Å². The van der Waals surface area contributed by atoms with E-state index in [1.165, 1.54) is 0 Å². The van der Waals surface area contributed by atoms with Crippen molar-refractivity contribution in [3.8, 4) is 11.8 Å². The van der Waals surface area contributed by atoms with Crippen LogP contribution in [0.5, 0.6) is 0 Å². The number of aryl methyl sites for hydroxylation is 2. The van der Waals surface area contributed by atoms with Crippen molar-refractivity contribution in [3.05, 3.63) is 81.5 Å². The van der Waals surface area contributed by atoms with Crippen molar-refractivity contribution in [1.29, 1.82) is 0 Å². The van der Waals surface area contributed by atoms with Gasteiger partial charge in [0.2, 0.25) is 0 Å². The Balaban J connectivity index is 1.49. The molecule has 0 bridgehead atoms. The number of nitrogens with zero attached hydrogens (tertiary/aromatic N) is 2. The summed E-state index contributed by atoms with van der Waals surface area (Å²) in [6, 6.07) is 9.37. The SMILES string of the molecule is Cc1cc(C(=O)N2CCN3C(C#Cc4cccc(Cl)c4)=CCC=C3C2)c(C)o1. The van der Waals surface area contributed by atoms with Crippen LogP contribution in [0.1, 0.15) is 33.9 Å². The van der Waals surface area contributed by atoms with Crippen LogP contribution in [0.3, 0.4) is 0 Å². The summed E-state index contributed by atoms with van der Waals surface area (Å²) in [5.41, 5.74) is 3.65. The standard InChI is InChI=1S/C23H21ClN2O2/c1-16-13-22(17(2)28-16)23(27)25-11-12-26-20(7-4-8-21(26)15-25)10-9-18-5-3-6-19(24)14-18/h3,5-8,13-14H,4,11-12,15H2,1-2H3. The van der Waals surface area contributed by atoms with E-state index < -0.39 is 0 Å². The summed E-state index contributed by atoms with van der Waals surface area (Å²) < 4.78 is 5.52. The summed E-state index contributed by atoms with van der Waals surface area (Å²) in [4.78, 5) is 17.0. The Morgan fingerprint density at radius 2 is 2.00 bits per heavy atom. The number of benzene rings is 1. The van der Waals surface area contributed by atoms with Gasteiger partial charge in [0.15, 0.2) is 0 Å². The van der Waals surface area contributed by atoms with E-state index in [1.54, 1.807) is 0 Å². The maximum atomic E-state index is 12.9. The Morgan fingerprint density at radius 3 is 2.75 bits per heavy atom. The molecule has 1 fully saturated rings. The number of furan rings is 1. The summed E-state index contributed by atoms with van der Waals surface area (Å²) in [6.45, 7) is 5.65. The van der Waals surface area contributed by atoms with Crippen LogP contribution < -0.4 is 0 Å². The molecule has 142 valence electrons. The van der Waals surface area contributed by atoms with Crippen molar-refractivity contribution < 1.29 is 9.21 Å². The van der Waals surface area contributed by atoms with E-state index >= 15 is 0 Å². The van der Waals surface area contributed by atoms with Gasteiger partial charge in [0.1, 0.15) is 11.5 Å². The molecule has 1 aromatic heterocycles. The van der Waals surface area contributed by atoms with Crippen molar-refractivity contribution >= 4 is 17.5 Å². The molecule has 1 amide bonds. The molecule has 1 saturated heterocycles. The predicted octanol–water partition coefficient (Wildman–Crippen LogP) is 4.53. The fourth-order valence-electron chi connectivity index (χ4n) is 3.60. The molecule has 0 radical (unpaired) electrons. The highest BCUT2D eigenvalue weighted by Crippen LogP contribution is 2.26. The van der Waals surface area contributed by atoms with Crippen LogP contribution in [0.25, 0.3) is 0 Å². The summed E-state index contributed by atoms with van der Waals surface area (Å²) >= 11 is 6.04. The minimum absolute atomic E-state index is 0.0241. The van der Waals surface area contributed by atoms with Gasteiger partial charge in [0.05, 0.1) is 17.8 Å². The van der Waals surface area contributed by atoms with E-state index in [-0.39, 0.29) is 5.91 Å². The number of amides is 1. The summed E-state index contributed by atoms with van der Waals surface area (Å²) in [5.74, 6) is 7.93. The fraction of sp³-hybridized carbons (Fsp3) is 0.261. The summed E-state index contributed by atoms with van der Waals surface area (Å²) in [6.07, 6.45) is 5.11. The van der Waals surface area contributed by atoms with Gasteiger partial charge in [-0.15, -0.1) is 0 Å². The lowest BCUT2D eigenvalue weighted by Crippen LogP contribution is -2.47. The van der Waals surface area contributed by atoms with Gasteiger partial charge in [-0.05, 0) is 56.5 Å². The molecule has 0 aliphatic carbocycles. The van der Waals surface area contributed by atoms with E-state index in [2.05, 4.69) is 28.9 Å². The Hall–Kier alpha value is -2.90.